The van der Waals surface area contributed by atoms with E-state index in [-0.39, 0.29) is 18.1 Å². The number of aromatic nitrogens is 3. The fraction of sp³-hybridized carbons (Fsp3) is 0.621. The smallest absolute Gasteiger partial charge is 0.217 e. The topological polar surface area (TPSA) is 72.3 Å². The van der Waals surface area contributed by atoms with Gasteiger partial charge in [-0.05, 0) is 89.0 Å². The number of nitrogens with zero attached hydrogens (tertiary/aromatic N) is 4. The molecule has 1 N–H and O–H groups in total. The van der Waals surface area contributed by atoms with Crippen molar-refractivity contribution in [1.82, 2.24) is 25.0 Å². The number of amides is 1. The molecule has 0 spiro atoms. The van der Waals surface area contributed by atoms with E-state index >= 15 is 0 Å². The lowest BCUT2D eigenvalue weighted by molar-refractivity contribution is -0.119. The van der Waals surface area contributed by atoms with Gasteiger partial charge in [0.05, 0.1) is 4.99 Å². The van der Waals surface area contributed by atoms with Crippen LogP contribution >= 0.6 is 10.9 Å². The van der Waals surface area contributed by atoms with Gasteiger partial charge < -0.3 is 10.1 Å². The van der Waals surface area contributed by atoms with Crippen molar-refractivity contribution >= 4 is 27.7 Å². The van der Waals surface area contributed by atoms with Gasteiger partial charge in [0.2, 0.25) is 11.8 Å². The van der Waals surface area contributed by atoms with Crippen LogP contribution in [0.2, 0.25) is 0 Å². The van der Waals surface area contributed by atoms with E-state index in [1.54, 1.807) is 17.9 Å². The zero-order valence-corrected chi connectivity index (χ0v) is 23.2. The van der Waals surface area contributed by atoms with Crippen LogP contribution in [-0.4, -0.2) is 61.7 Å². The Bertz CT molecular complexity index is 1160. The summed E-state index contributed by atoms with van der Waals surface area (Å²) in [5, 5.41) is 8.27. The molecule has 2 aromatic heterocycles. The highest BCUT2D eigenvalue weighted by molar-refractivity contribution is 7.96. The minimum absolute atomic E-state index is 0.0649. The zero-order valence-electron chi connectivity index (χ0n) is 22.4. The quantitative estimate of drug-likeness (QED) is 0.547. The normalized spacial score (nSPS) is 22.4. The van der Waals surface area contributed by atoms with Crippen LogP contribution in [0.1, 0.15) is 80.8 Å². The van der Waals surface area contributed by atoms with E-state index in [9.17, 15) is 4.79 Å². The Balaban J connectivity index is 1.17. The Morgan fingerprint density at radius 3 is 2.68 bits per heavy atom. The molecule has 1 saturated carbocycles. The van der Waals surface area contributed by atoms with E-state index in [2.05, 4.69) is 38.7 Å². The van der Waals surface area contributed by atoms with Crippen molar-refractivity contribution in [3.63, 3.8) is 0 Å². The first-order chi connectivity index (χ1) is 18.0. The Hall–Kier alpha value is -2.45. The number of carbonyl (C=O) groups is 1. The van der Waals surface area contributed by atoms with Crippen molar-refractivity contribution in [3.05, 3.63) is 40.8 Å². The van der Waals surface area contributed by atoms with E-state index in [0.717, 1.165) is 81.2 Å². The minimum Gasteiger partial charge on any atom is -0.474 e. The number of rotatable bonds is 7. The molecule has 1 amide bonds. The Morgan fingerprint density at radius 1 is 1.19 bits per heavy atom. The number of nitrogens with one attached hydrogen (secondary N) is 1. The lowest BCUT2D eigenvalue weighted by atomic mass is 9.85. The summed E-state index contributed by atoms with van der Waals surface area (Å²) in [7, 11) is 1.58. The number of pyridine rings is 1. The molecule has 8 heteroatoms. The number of carbonyl (C=O) groups excluding carboxylic acids is 1. The molecule has 1 saturated heterocycles. The molecule has 37 heavy (non-hydrogen) atoms. The van der Waals surface area contributed by atoms with Crippen LogP contribution in [0.3, 0.4) is 0 Å². The van der Waals surface area contributed by atoms with Gasteiger partial charge in [-0.25, -0.2) is 4.98 Å². The summed E-state index contributed by atoms with van der Waals surface area (Å²) in [6.07, 6.45) is 13.3. The summed E-state index contributed by atoms with van der Waals surface area (Å²) >= 11 is 0. The third-order valence-electron chi connectivity index (χ3n) is 8.32. The van der Waals surface area contributed by atoms with Crippen molar-refractivity contribution in [2.45, 2.75) is 96.7 Å². The molecule has 0 bridgehead atoms. The van der Waals surface area contributed by atoms with E-state index in [0.29, 0.717) is 0 Å². The summed E-state index contributed by atoms with van der Waals surface area (Å²) in [6, 6.07) is 4.30. The Morgan fingerprint density at radius 2 is 1.97 bits per heavy atom. The number of piperidine rings is 1. The summed E-state index contributed by atoms with van der Waals surface area (Å²) in [6.45, 7) is 6.54. The maximum Gasteiger partial charge on any atom is 0.217 e. The highest BCUT2D eigenvalue weighted by Crippen LogP contribution is 2.32. The average molecular weight is 524 g/mol. The highest BCUT2D eigenvalue weighted by Gasteiger charge is 2.30. The van der Waals surface area contributed by atoms with Gasteiger partial charge >= 0.3 is 0 Å². The second-order valence-corrected chi connectivity index (χ2v) is 11.6. The molecular formula is C29H41N5O2S. The number of aryl methyl sites for hydroxylation is 2. The maximum atomic E-state index is 11.4. The van der Waals surface area contributed by atoms with Crippen LogP contribution in [0.4, 0.5) is 0 Å². The molecule has 3 heterocycles. The van der Waals surface area contributed by atoms with Crippen LogP contribution in [-0.2, 0) is 24.2 Å². The molecule has 0 radical (unpaired) electrons. The first-order valence-corrected chi connectivity index (χ1v) is 15.0. The van der Waals surface area contributed by atoms with Gasteiger partial charge in [0.25, 0.3) is 0 Å². The molecule has 7 nitrogen and oxygen atoms in total. The van der Waals surface area contributed by atoms with Crippen LogP contribution < -0.4 is 10.1 Å². The summed E-state index contributed by atoms with van der Waals surface area (Å²) in [5.41, 5.74) is 5.16. The van der Waals surface area contributed by atoms with Gasteiger partial charge in [0.1, 0.15) is 11.8 Å². The van der Waals surface area contributed by atoms with Gasteiger partial charge in [-0.1, -0.05) is 6.07 Å². The fourth-order valence-corrected chi connectivity index (χ4v) is 6.95. The number of ether oxygens (including phenoxy) is 1. The van der Waals surface area contributed by atoms with Crippen molar-refractivity contribution < 1.29 is 9.53 Å². The van der Waals surface area contributed by atoms with E-state index in [1.807, 2.05) is 12.3 Å². The molecule has 2 aromatic rings. The summed E-state index contributed by atoms with van der Waals surface area (Å²) in [5.74, 6) is 5.79. The number of hydrogen-bond acceptors (Lipinski definition) is 4. The van der Waals surface area contributed by atoms with Crippen LogP contribution in [0, 0.1) is 12.8 Å². The molecule has 0 aromatic carbocycles. The molecular weight excluding hydrogens is 482 g/mol. The first-order valence-electron chi connectivity index (χ1n) is 14.0. The number of hydrogen-bond donors (Lipinski definition) is 1. The molecule has 2 fully saturated rings. The van der Waals surface area contributed by atoms with E-state index < -0.39 is 0 Å². The maximum absolute atomic E-state index is 11.4. The van der Waals surface area contributed by atoms with Gasteiger partial charge in [-0.2, -0.15) is 5.10 Å². The lowest BCUT2D eigenvalue weighted by Gasteiger charge is -2.32. The number of likely N-dealkylation sites (tertiary alicyclic amines) is 1. The fourth-order valence-electron chi connectivity index (χ4n) is 6.29. The largest absolute Gasteiger partial charge is 0.474 e. The van der Waals surface area contributed by atoms with Crippen molar-refractivity contribution in [2.75, 3.05) is 13.1 Å². The lowest BCUT2D eigenvalue weighted by Crippen LogP contribution is -2.46. The van der Waals surface area contributed by atoms with Gasteiger partial charge in [-0.3, -0.25) is 14.4 Å². The Labute approximate surface area is 224 Å². The predicted molar refractivity (Wildman–Crippen MR) is 151 cm³/mol. The van der Waals surface area contributed by atoms with Crippen molar-refractivity contribution in [1.29, 1.82) is 0 Å². The molecule has 2 aliphatic carbocycles. The van der Waals surface area contributed by atoms with E-state index in [1.165, 1.54) is 41.9 Å². The molecule has 3 aliphatic rings. The van der Waals surface area contributed by atoms with Crippen molar-refractivity contribution in [2.24, 2.45) is 5.92 Å². The van der Waals surface area contributed by atoms with Gasteiger partial charge in [-0.15, -0.1) is 10.9 Å². The monoisotopic (exact) mass is 523 g/mol. The molecule has 5 rings (SSSR count). The minimum atomic E-state index is 0.0649. The molecule has 0 unspecified atom stereocenters. The summed E-state index contributed by atoms with van der Waals surface area (Å²) < 4.78 is 8.54. The first kappa shape index (κ1) is 26.2. The van der Waals surface area contributed by atoms with Crippen LogP contribution in [0.15, 0.2) is 18.3 Å². The average Bonchev–Trinajstić information content (AvgIpc) is 3.50. The summed E-state index contributed by atoms with van der Waals surface area (Å²) in [4.78, 5) is 19.5. The van der Waals surface area contributed by atoms with Crippen LogP contribution in [0.25, 0.3) is 0 Å². The Kier molecular flexibility index (Phi) is 8.45. The molecule has 200 valence electrons. The van der Waals surface area contributed by atoms with Gasteiger partial charge in [0, 0.05) is 55.6 Å². The zero-order chi connectivity index (χ0) is 25.8. The standard InChI is InChI=1S/C29H41N5O2S/c1-20-6-5-16-30-28(20)36-24-11-9-22(10-12-24)13-19-34-26-8-4-7-25(26)27(32-34)29(37-3)33-17-14-23(15-18-33)31-21(2)35/h5-6,16,22-24H,3-4,7-15,17-19H2,1-2H3,(H,31,35). The highest BCUT2D eigenvalue weighted by atomic mass is 32.1. The SMILES string of the molecule is C=S=C(c1nn(CCC2CCC(Oc3ncccc3C)CC2)c2c1CCC2)N1CCC(NC(C)=O)CC1. The second kappa shape index (κ2) is 11.9. The predicted octanol–water partition coefficient (Wildman–Crippen LogP) is 4.35. The molecule has 0 atom stereocenters. The van der Waals surface area contributed by atoms with Crippen molar-refractivity contribution in [3.8, 4) is 5.88 Å². The third kappa shape index (κ3) is 6.17. The number of fused-ring (bicyclic) bond motifs is 1. The third-order valence-corrected chi connectivity index (χ3v) is 9.04. The second-order valence-electron chi connectivity index (χ2n) is 10.9. The van der Waals surface area contributed by atoms with Crippen LogP contribution in [0.5, 0.6) is 5.88 Å². The van der Waals surface area contributed by atoms with E-state index in [4.69, 9.17) is 9.84 Å². The molecule has 1 aliphatic heterocycles. The van der Waals surface area contributed by atoms with Gasteiger partial charge in [0.15, 0.2) is 0 Å².